The Kier molecular flexibility index (Phi) is 3.86. The topological polar surface area (TPSA) is 84.3 Å². The Morgan fingerprint density at radius 3 is 2.82 bits per heavy atom. The summed E-state index contributed by atoms with van der Waals surface area (Å²) in [6.07, 6.45) is 2.07. The molecule has 0 aliphatic heterocycles. The van der Waals surface area contributed by atoms with Gasteiger partial charge in [-0.2, -0.15) is 0 Å². The van der Waals surface area contributed by atoms with Crippen molar-refractivity contribution in [2.75, 3.05) is 5.32 Å². The van der Waals surface area contributed by atoms with E-state index in [0.29, 0.717) is 11.9 Å². The van der Waals surface area contributed by atoms with Gasteiger partial charge in [-0.25, -0.2) is 19.2 Å². The van der Waals surface area contributed by atoms with E-state index in [2.05, 4.69) is 15.3 Å². The maximum absolute atomic E-state index is 13.5. The van der Waals surface area contributed by atoms with Crippen LogP contribution in [0.25, 0.3) is 0 Å². The third-order valence-electron chi connectivity index (χ3n) is 3.11. The summed E-state index contributed by atoms with van der Waals surface area (Å²) in [4.78, 5) is 19.2. The standard InChI is InChI=1S/C15H14FN3O3/c16-10-3-1-2-4-12(10)22-8-14-18-11(15(20)21)7-13(19-14)17-9-5-6-9/h1-4,7,9H,5-6,8H2,(H,20,21)(H,17,18,19). The lowest BCUT2D eigenvalue weighted by molar-refractivity contribution is 0.0689. The van der Waals surface area contributed by atoms with Gasteiger partial charge in [0.15, 0.2) is 23.1 Å². The summed E-state index contributed by atoms with van der Waals surface area (Å²) >= 11 is 0. The minimum atomic E-state index is -1.15. The Morgan fingerprint density at radius 2 is 2.14 bits per heavy atom. The van der Waals surface area contributed by atoms with E-state index >= 15 is 0 Å². The third-order valence-corrected chi connectivity index (χ3v) is 3.11. The summed E-state index contributed by atoms with van der Waals surface area (Å²) in [6, 6.07) is 7.68. The minimum Gasteiger partial charge on any atom is -0.483 e. The van der Waals surface area contributed by atoms with E-state index < -0.39 is 11.8 Å². The van der Waals surface area contributed by atoms with Gasteiger partial charge in [-0.3, -0.25) is 0 Å². The number of carbonyl (C=O) groups is 1. The molecular weight excluding hydrogens is 289 g/mol. The van der Waals surface area contributed by atoms with Crippen molar-refractivity contribution < 1.29 is 19.0 Å². The lowest BCUT2D eigenvalue weighted by Gasteiger charge is -2.09. The second-order valence-corrected chi connectivity index (χ2v) is 5.00. The second kappa shape index (κ2) is 5.97. The number of aromatic nitrogens is 2. The molecule has 0 unspecified atom stereocenters. The second-order valence-electron chi connectivity index (χ2n) is 5.00. The molecule has 1 aliphatic carbocycles. The third kappa shape index (κ3) is 3.49. The van der Waals surface area contributed by atoms with Gasteiger partial charge in [0.25, 0.3) is 0 Å². The smallest absolute Gasteiger partial charge is 0.354 e. The number of nitrogens with one attached hydrogen (secondary N) is 1. The van der Waals surface area contributed by atoms with E-state index in [0.717, 1.165) is 12.8 Å². The van der Waals surface area contributed by atoms with Crippen LogP contribution < -0.4 is 10.1 Å². The van der Waals surface area contributed by atoms with E-state index in [1.54, 1.807) is 12.1 Å². The highest BCUT2D eigenvalue weighted by atomic mass is 19.1. The van der Waals surface area contributed by atoms with Crippen LogP contribution in [0.5, 0.6) is 5.75 Å². The zero-order valence-electron chi connectivity index (χ0n) is 11.6. The van der Waals surface area contributed by atoms with Crippen LogP contribution >= 0.6 is 0 Å². The van der Waals surface area contributed by atoms with E-state index in [-0.39, 0.29) is 23.9 Å². The highest BCUT2D eigenvalue weighted by molar-refractivity contribution is 5.86. The van der Waals surface area contributed by atoms with E-state index in [1.807, 2.05) is 0 Å². The molecule has 1 aliphatic rings. The van der Waals surface area contributed by atoms with Crippen molar-refractivity contribution in [1.29, 1.82) is 0 Å². The summed E-state index contributed by atoms with van der Waals surface area (Å²) < 4.78 is 18.8. The van der Waals surface area contributed by atoms with Crippen molar-refractivity contribution in [1.82, 2.24) is 9.97 Å². The largest absolute Gasteiger partial charge is 0.483 e. The average Bonchev–Trinajstić information content (AvgIpc) is 3.30. The molecule has 0 saturated heterocycles. The number of hydrogen-bond donors (Lipinski definition) is 2. The van der Waals surface area contributed by atoms with E-state index in [4.69, 9.17) is 9.84 Å². The molecule has 0 spiro atoms. The first-order valence-electron chi connectivity index (χ1n) is 6.87. The molecular formula is C15H14FN3O3. The van der Waals surface area contributed by atoms with Gasteiger partial charge >= 0.3 is 5.97 Å². The summed E-state index contributed by atoms with van der Waals surface area (Å²) in [6.45, 7) is -0.110. The Hall–Kier alpha value is -2.70. The monoisotopic (exact) mass is 303 g/mol. The first-order chi connectivity index (χ1) is 10.6. The van der Waals surface area contributed by atoms with Crippen molar-refractivity contribution in [2.45, 2.75) is 25.5 Å². The molecule has 1 fully saturated rings. The van der Waals surface area contributed by atoms with Crippen LogP contribution in [0.15, 0.2) is 30.3 Å². The number of carboxylic acid groups (broad SMARTS) is 1. The van der Waals surface area contributed by atoms with Crippen LogP contribution in [0.2, 0.25) is 0 Å². The number of benzene rings is 1. The number of ether oxygens (including phenoxy) is 1. The van der Waals surface area contributed by atoms with Gasteiger partial charge in [-0.1, -0.05) is 12.1 Å². The first-order valence-corrected chi connectivity index (χ1v) is 6.87. The van der Waals surface area contributed by atoms with Gasteiger partial charge in [-0.15, -0.1) is 0 Å². The molecule has 1 heterocycles. The van der Waals surface area contributed by atoms with Crippen LogP contribution in [0, 0.1) is 5.82 Å². The lowest BCUT2D eigenvalue weighted by atomic mass is 10.3. The normalized spacial score (nSPS) is 13.7. The van der Waals surface area contributed by atoms with Crippen LogP contribution in [-0.2, 0) is 6.61 Å². The van der Waals surface area contributed by atoms with Gasteiger partial charge in [0.1, 0.15) is 12.4 Å². The van der Waals surface area contributed by atoms with Gasteiger partial charge < -0.3 is 15.2 Å². The molecule has 6 nitrogen and oxygen atoms in total. The maximum atomic E-state index is 13.5. The zero-order chi connectivity index (χ0) is 15.5. The summed E-state index contributed by atoms with van der Waals surface area (Å²) in [7, 11) is 0. The fraction of sp³-hybridized carbons (Fsp3) is 0.267. The fourth-order valence-corrected chi connectivity index (χ4v) is 1.89. The number of nitrogens with zero attached hydrogens (tertiary/aromatic N) is 2. The molecule has 0 radical (unpaired) electrons. The van der Waals surface area contributed by atoms with Crippen LogP contribution in [0.1, 0.15) is 29.2 Å². The summed E-state index contributed by atoms with van der Waals surface area (Å²) in [5.74, 6) is -0.932. The van der Waals surface area contributed by atoms with Crippen molar-refractivity contribution in [3.8, 4) is 5.75 Å². The molecule has 1 aromatic heterocycles. The molecule has 1 saturated carbocycles. The molecule has 0 atom stereocenters. The molecule has 2 aromatic rings. The van der Waals surface area contributed by atoms with Crippen molar-refractivity contribution in [3.63, 3.8) is 0 Å². The molecule has 2 N–H and O–H groups in total. The van der Waals surface area contributed by atoms with E-state index in [9.17, 15) is 9.18 Å². The Morgan fingerprint density at radius 1 is 1.36 bits per heavy atom. The number of anilines is 1. The van der Waals surface area contributed by atoms with E-state index in [1.165, 1.54) is 18.2 Å². The Balaban J connectivity index is 1.78. The number of halogens is 1. The summed E-state index contributed by atoms with van der Waals surface area (Å²) in [5.41, 5.74) is -0.120. The molecule has 1 aromatic carbocycles. The number of hydrogen-bond acceptors (Lipinski definition) is 5. The number of carboxylic acids is 1. The predicted molar refractivity (Wildman–Crippen MR) is 76.4 cm³/mol. The van der Waals surface area contributed by atoms with Crippen molar-refractivity contribution in [2.24, 2.45) is 0 Å². The van der Waals surface area contributed by atoms with Crippen molar-refractivity contribution >= 4 is 11.8 Å². The predicted octanol–water partition coefficient (Wildman–Crippen LogP) is 2.47. The molecule has 3 rings (SSSR count). The van der Waals surface area contributed by atoms with Crippen LogP contribution in [0.4, 0.5) is 10.2 Å². The maximum Gasteiger partial charge on any atom is 0.354 e. The lowest BCUT2D eigenvalue weighted by Crippen LogP contribution is -2.12. The molecule has 0 bridgehead atoms. The molecule has 7 heteroatoms. The highest BCUT2D eigenvalue weighted by Crippen LogP contribution is 2.24. The van der Waals surface area contributed by atoms with Gasteiger partial charge in [-0.05, 0) is 25.0 Å². The van der Waals surface area contributed by atoms with Gasteiger partial charge in [0.2, 0.25) is 0 Å². The van der Waals surface area contributed by atoms with Crippen molar-refractivity contribution in [3.05, 3.63) is 47.7 Å². The van der Waals surface area contributed by atoms with Gasteiger partial charge in [0.05, 0.1) is 0 Å². The minimum absolute atomic E-state index is 0.0727. The number of para-hydroxylation sites is 1. The fourth-order valence-electron chi connectivity index (χ4n) is 1.89. The SMILES string of the molecule is O=C(O)c1cc(NC2CC2)nc(COc2ccccc2F)n1. The molecule has 0 amide bonds. The molecule has 22 heavy (non-hydrogen) atoms. The van der Waals surface area contributed by atoms with Crippen LogP contribution in [-0.4, -0.2) is 27.1 Å². The van der Waals surface area contributed by atoms with Crippen LogP contribution in [0.3, 0.4) is 0 Å². The Labute approximate surface area is 126 Å². The number of rotatable bonds is 6. The Bertz CT molecular complexity index is 704. The zero-order valence-corrected chi connectivity index (χ0v) is 11.6. The van der Waals surface area contributed by atoms with Gasteiger partial charge in [0, 0.05) is 12.1 Å². The average molecular weight is 303 g/mol. The first kappa shape index (κ1) is 14.2. The summed E-state index contributed by atoms with van der Waals surface area (Å²) in [5, 5.41) is 12.2. The number of aromatic carboxylic acids is 1. The highest BCUT2D eigenvalue weighted by Gasteiger charge is 2.22. The molecule has 114 valence electrons. The quantitative estimate of drug-likeness (QED) is 0.853.